The SMILES string of the molecule is N#CCc1c(Cl)cc(OC(F)(F)F)nc1C(F)F. The van der Waals surface area contributed by atoms with Gasteiger partial charge in [-0.05, 0) is 0 Å². The Kier molecular flexibility index (Phi) is 4.29. The van der Waals surface area contributed by atoms with Crippen LogP contribution in [0.4, 0.5) is 22.0 Å². The van der Waals surface area contributed by atoms with E-state index >= 15 is 0 Å². The first-order valence-electron chi connectivity index (χ1n) is 4.34. The number of alkyl halides is 5. The van der Waals surface area contributed by atoms with Crippen LogP contribution < -0.4 is 4.74 Å². The van der Waals surface area contributed by atoms with Crippen LogP contribution >= 0.6 is 11.6 Å². The molecule has 0 N–H and O–H groups in total. The van der Waals surface area contributed by atoms with Crippen LogP contribution in [0.2, 0.25) is 5.02 Å². The Morgan fingerprint density at radius 3 is 2.50 bits per heavy atom. The molecule has 1 aromatic rings. The summed E-state index contributed by atoms with van der Waals surface area (Å²) in [6.45, 7) is 0. The van der Waals surface area contributed by atoms with Crippen molar-refractivity contribution in [1.82, 2.24) is 4.98 Å². The van der Waals surface area contributed by atoms with Gasteiger partial charge in [0.1, 0.15) is 5.69 Å². The first kappa shape index (κ1) is 14.4. The number of hydrogen-bond donors (Lipinski definition) is 0. The standard InChI is InChI=1S/C9H4ClF5N2O/c10-5-3-6(18-9(13,14)15)17-7(8(11)12)4(5)1-2-16/h3,8H,1H2. The maximum atomic E-state index is 12.6. The van der Waals surface area contributed by atoms with E-state index in [0.717, 1.165) is 0 Å². The van der Waals surface area contributed by atoms with Gasteiger partial charge in [0.15, 0.2) is 0 Å². The first-order chi connectivity index (χ1) is 8.24. The van der Waals surface area contributed by atoms with Crippen LogP contribution in [0, 0.1) is 11.3 Å². The number of nitriles is 1. The molecule has 0 aliphatic rings. The molecule has 3 nitrogen and oxygen atoms in total. The molecule has 0 aliphatic carbocycles. The van der Waals surface area contributed by atoms with E-state index in [1.165, 1.54) is 0 Å². The van der Waals surface area contributed by atoms with Crippen molar-refractivity contribution in [2.24, 2.45) is 0 Å². The van der Waals surface area contributed by atoms with Crippen LogP contribution in [0.15, 0.2) is 6.07 Å². The first-order valence-corrected chi connectivity index (χ1v) is 4.72. The zero-order chi connectivity index (χ0) is 13.9. The number of rotatable bonds is 3. The predicted octanol–water partition coefficient (Wildman–Crippen LogP) is 3.64. The molecule has 0 spiro atoms. The van der Waals surface area contributed by atoms with Gasteiger partial charge in [0.05, 0.1) is 17.5 Å². The van der Waals surface area contributed by atoms with Gasteiger partial charge in [0.25, 0.3) is 6.43 Å². The Morgan fingerprint density at radius 1 is 1.44 bits per heavy atom. The monoisotopic (exact) mass is 286 g/mol. The fourth-order valence-corrected chi connectivity index (χ4v) is 1.40. The molecule has 1 heterocycles. The molecule has 0 saturated heterocycles. The van der Waals surface area contributed by atoms with Gasteiger partial charge in [-0.2, -0.15) is 5.26 Å². The number of nitrogens with zero attached hydrogens (tertiary/aromatic N) is 2. The van der Waals surface area contributed by atoms with Gasteiger partial charge in [-0.25, -0.2) is 13.8 Å². The summed E-state index contributed by atoms with van der Waals surface area (Å²) in [6, 6.07) is 2.20. The van der Waals surface area contributed by atoms with Crippen molar-refractivity contribution in [3.63, 3.8) is 0 Å². The molecule has 0 bridgehead atoms. The number of aromatic nitrogens is 1. The summed E-state index contributed by atoms with van der Waals surface area (Å²) in [5, 5.41) is 7.98. The minimum Gasteiger partial charge on any atom is -0.388 e. The van der Waals surface area contributed by atoms with Gasteiger partial charge >= 0.3 is 6.36 Å². The highest BCUT2D eigenvalue weighted by molar-refractivity contribution is 6.31. The average Bonchev–Trinajstić information content (AvgIpc) is 2.19. The van der Waals surface area contributed by atoms with Crippen molar-refractivity contribution in [3.05, 3.63) is 22.3 Å². The summed E-state index contributed by atoms with van der Waals surface area (Å²) in [5.41, 5.74) is -1.31. The minimum atomic E-state index is -5.06. The van der Waals surface area contributed by atoms with Crippen LogP contribution in [0.1, 0.15) is 17.7 Å². The second kappa shape index (κ2) is 5.35. The molecule has 0 saturated carbocycles. The highest BCUT2D eigenvalue weighted by Crippen LogP contribution is 2.32. The van der Waals surface area contributed by atoms with E-state index in [1.54, 1.807) is 6.07 Å². The highest BCUT2D eigenvalue weighted by atomic mass is 35.5. The summed E-state index contributed by atoms with van der Waals surface area (Å²) in [5.74, 6) is -1.09. The van der Waals surface area contributed by atoms with Gasteiger partial charge in [-0.1, -0.05) is 11.6 Å². The number of hydrogen-bond acceptors (Lipinski definition) is 3. The third kappa shape index (κ3) is 3.70. The molecule has 18 heavy (non-hydrogen) atoms. The fraction of sp³-hybridized carbons (Fsp3) is 0.333. The van der Waals surface area contributed by atoms with Crippen molar-refractivity contribution in [1.29, 1.82) is 5.26 Å². The van der Waals surface area contributed by atoms with Crippen molar-refractivity contribution in [2.45, 2.75) is 19.2 Å². The summed E-state index contributed by atoms with van der Waals surface area (Å²) >= 11 is 5.51. The van der Waals surface area contributed by atoms with E-state index in [-0.39, 0.29) is 5.56 Å². The number of pyridine rings is 1. The van der Waals surface area contributed by atoms with Crippen LogP contribution in [-0.4, -0.2) is 11.3 Å². The summed E-state index contributed by atoms with van der Waals surface area (Å²) in [7, 11) is 0. The second-order valence-electron chi connectivity index (χ2n) is 2.99. The third-order valence-electron chi connectivity index (χ3n) is 1.76. The minimum absolute atomic E-state index is 0.316. The largest absolute Gasteiger partial charge is 0.574 e. The van der Waals surface area contributed by atoms with E-state index < -0.39 is 35.8 Å². The maximum absolute atomic E-state index is 12.6. The van der Waals surface area contributed by atoms with E-state index in [4.69, 9.17) is 16.9 Å². The number of ether oxygens (including phenoxy) is 1. The van der Waals surface area contributed by atoms with Crippen molar-refractivity contribution in [2.75, 3.05) is 0 Å². The van der Waals surface area contributed by atoms with Crippen molar-refractivity contribution < 1.29 is 26.7 Å². The van der Waals surface area contributed by atoms with Crippen molar-refractivity contribution >= 4 is 11.6 Å². The molecule has 0 radical (unpaired) electrons. The Labute approximate surface area is 103 Å². The molecule has 1 rings (SSSR count). The maximum Gasteiger partial charge on any atom is 0.574 e. The molecule has 0 fully saturated rings. The van der Waals surface area contributed by atoms with Gasteiger partial charge in [-0.15, -0.1) is 13.2 Å². The van der Waals surface area contributed by atoms with Gasteiger partial charge in [0.2, 0.25) is 5.88 Å². The van der Waals surface area contributed by atoms with Crippen LogP contribution in [0.5, 0.6) is 5.88 Å². The van der Waals surface area contributed by atoms with Crippen molar-refractivity contribution in [3.8, 4) is 11.9 Å². The smallest absolute Gasteiger partial charge is 0.388 e. The Hall–Kier alpha value is -1.62. The van der Waals surface area contributed by atoms with Gasteiger partial charge in [0, 0.05) is 11.6 Å². The number of halogens is 6. The predicted molar refractivity (Wildman–Crippen MR) is 50.2 cm³/mol. The molecule has 0 aromatic carbocycles. The summed E-state index contributed by atoms with van der Waals surface area (Å²) < 4.78 is 64.3. The van der Waals surface area contributed by atoms with E-state index in [2.05, 4.69) is 9.72 Å². The average molecular weight is 287 g/mol. The highest BCUT2D eigenvalue weighted by Gasteiger charge is 2.33. The molecular weight excluding hydrogens is 283 g/mol. The topological polar surface area (TPSA) is 45.9 Å². The Morgan fingerprint density at radius 2 is 2.06 bits per heavy atom. The molecular formula is C9H4ClF5N2O. The van der Waals surface area contributed by atoms with Gasteiger partial charge < -0.3 is 4.74 Å². The van der Waals surface area contributed by atoms with Crippen LogP contribution in [-0.2, 0) is 6.42 Å². The zero-order valence-electron chi connectivity index (χ0n) is 8.43. The molecule has 0 aliphatic heterocycles. The second-order valence-corrected chi connectivity index (χ2v) is 3.40. The lowest BCUT2D eigenvalue weighted by molar-refractivity contribution is -0.276. The zero-order valence-corrected chi connectivity index (χ0v) is 9.19. The normalized spacial score (nSPS) is 11.4. The summed E-state index contributed by atoms with van der Waals surface area (Å²) in [4.78, 5) is 3.01. The lowest BCUT2D eigenvalue weighted by Gasteiger charge is -2.12. The molecule has 0 atom stereocenters. The van der Waals surface area contributed by atoms with E-state index in [9.17, 15) is 22.0 Å². The third-order valence-corrected chi connectivity index (χ3v) is 2.10. The quantitative estimate of drug-likeness (QED) is 0.797. The molecule has 9 heteroatoms. The lowest BCUT2D eigenvalue weighted by Crippen LogP contribution is -2.18. The molecule has 0 unspecified atom stereocenters. The fourth-order valence-electron chi connectivity index (χ4n) is 1.14. The van der Waals surface area contributed by atoms with E-state index in [0.29, 0.717) is 6.07 Å². The van der Waals surface area contributed by atoms with Crippen LogP contribution in [0.3, 0.4) is 0 Å². The van der Waals surface area contributed by atoms with Gasteiger partial charge in [-0.3, -0.25) is 0 Å². The molecule has 0 amide bonds. The molecule has 1 aromatic heterocycles. The lowest BCUT2D eigenvalue weighted by atomic mass is 10.1. The van der Waals surface area contributed by atoms with E-state index in [1.807, 2.05) is 0 Å². The Balaban J connectivity index is 3.24. The summed E-state index contributed by atoms with van der Waals surface area (Å²) in [6.07, 6.45) is -8.72. The van der Waals surface area contributed by atoms with Crippen LogP contribution in [0.25, 0.3) is 0 Å². The molecule has 98 valence electrons. The Bertz CT molecular complexity index is 483.